The fourth-order valence-corrected chi connectivity index (χ4v) is 3.29. The van der Waals surface area contributed by atoms with Gasteiger partial charge in [0.15, 0.2) is 0 Å². The van der Waals surface area contributed by atoms with Gasteiger partial charge < -0.3 is 10.4 Å². The maximum Gasteiger partial charge on any atom is 0.490 e. The number of piperidine rings is 1. The molecule has 3 rings (SSSR count). The number of hydrogen-bond donors (Lipinski definition) is 2. The second-order valence-corrected chi connectivity index (χ2v) is 6.98. The van der Waals surface area contributed by atoms with E-state index < -0.39 is 12.1 Å². The van der Waals surface area contributed by atoms with Crippen molar-refractivity contribution in [1.82, 2.24) is 15.2 Å². The van der Waals surface area contributed by atoms with Crippen molar-refractivity contribution >= 4 is 23.5 Å². The second kappa shape index (κ2) is 8.22. The van der Waals surface area contributed by atoms with Gasteiger partial charge in [-0.05, 0) is 43.0 Å². The van der Waals surface area contributed by atoms with Gasteiger partial charge >= 0.3 is 12.1 Å². The molecule has 1 aromatic rings. The molecule has 1 spiro atoms. The van der Waals surface area contributed by atoms with Crippen LogP contribution in [-0.4, -0.2) is 52.7 Å². The SMILES string of the molecule is O=C(O)C(F)(F)F.O=C1CC2(CCN(Cc3cncc(Cl)c3)CC2)CN1. The van der Waals surface area contributed by atoms with Crippen molar-refractivity contribution in [3.05, 3.63) is 29.0 Å². The van der Waals surface area contributed by atoms with Crippen molar-refractivity contribution in [3.63, 3.8) is 0 Å². The minimum atomic E-state index is -5.08. The van der Waals surface area contributed by atoms with Gasteiger partial charge in [0.05, 0.1) is 5.02 Å². The molecular weight excluding hydrogens is 375 g/mol. The number of hydrogen-bond acceptors (Lipinski definition) is 4. The number of halogens is 4. The van der Waals surface area contributed by atoms with E-state index in [1.807, 2.05) is 12.3 Å². The Morgan fingerprint density at radius 2 is 1.96 bits per heavy atom. The van der Waals surface area contributed by atoms with Gasteiger partial charge in [-0.25, -0.2) is 4.79 Å². The Hall–Kier alpha value is -1.87. The number of carboxylic acid groups (broad SMARTS) is 1. The standard InChI is InChI=1S/C14H18ClN3O.C2HF3O2/c15-12-5-11(7-16-8-12)9-18-3-1-14(2-4-18)6-13(19)17-10-14;3-2(4,5)1(6)7/h5,7-8H,1-4,6,9-10H2,(H,17,19);(H,6,7). The van der Waals surface area contributed by atoms with E-state index in [1.165, 1.54) is 0 Å². The topological polar surface area (TPSA) is 82.5 Å². The molecule has 1 amide bonds. The Labute approximate surface area is 153 Å². The highest BCUT2D eigenvalue weighted by molar-refractivity contribution is 6.30. The number of carbonyl (C=O) groups is 2. The highest BCUT2D eigenvalue weighted by atomic mass is 35.5. The lowest BCUT2D eigenvalue weighted by Gasteiger charge is -2.38. The van der Waals surface area contributed by atoms with Crippen LogP contribution in [0.3, 0.4) is 0 Å². The molecule has 10 heteroatoms. The first kappa shape index (κ1) is 20.4. The van der Waals surface area contributed by atoms with E-state index in [0.717, 1.165) is 44.6 Å². The number of nitrogens with one attached hydrogen (secondary N) is 1. The maximum absolute atomic E-state index is 11.4. The molecular formula is C16H19ClF3N3O3. The normalized spacial score (nSPS) is 19.6. The van der Waals surface area contributed by atoms with E-state index in [4.69, 9.17) is 21.5 Å². The molecule has 2 aliphatic heterocycles. The molecule has 3 heterocycles. The Morgan fingerprint density at radius 3 is 2.42 bits per heavy atom. The zero-order chi connectivity index (χ0) is 19.4. The van der Waals surface area contributed by atoms with Crippen LogP contribution in [0.5, 0.6) is 0 Å². The fraction of sp³-hybridized carbons (Fsp3) is 0.562. The Morgan fingerprint density at radius 1 is 1.35 bits per heavy atom. The number of alkyl halides is 3. The number of amides is 1. The quantitative estimate of drug-likeness (QED) is 0.806. The van der Waals surface area contributed by atoms with E-state index in [2.05, 4.69) is 15.2 Å². The summed E-state index contributed by atoms with van der Waals surface area (Å²) < 4.78 is 31.7. The van der Waals surface area contributed by atoms with Gasteiger partial charge in [-0.15, -0.1) is 0 Å². The molecule has 26 heavy (non-hydrogen) atoms. The predicted molar refractivity (Wildman–Crippen MR) is 87.5 cm³/mol. The third-order valence-corrected chi connectivity index (χ3v) is 4.73. The van der Waals surface area contributed by atoms with Gasteiger partial charge in [-0.3, -0.25) is 14.7 Å². The van der Waals surface area contributed by atoms with Crippen molar-refractivity contribution in [2.45, 2.75) is 32.0 Å². The molecule has 0 saturated carbocycles. The van der Waals surface area contributed by atoms with Gasteiger partial charge in [0.1, 0.15) is 0 Å². The molecule has 2 aliphatic rings. The summed E-state index contributed by atoms with van der Waals surface area (Å²) in [5, 5.41) is 10.8. The highest BCUT2D eigenvalue weighted by Crippen LogP contribution is 2.37. The third-order valence-electron chi connectivity index (χ3n) is 4.52. The summed E-state index contributed by atoms with van der Waals surface area (Å²) in [5.41, 5.74) is 1.38. The number of nitrogens with zero attached hydrogens (tertiary/aromatic N) is 2. The summed E-state index contributed by atoms with van der Waals surface area (Å²) in [6.45, 7) is 3.84. The molecule has 2 saturated heterocycles. The van der Waals surface area contributed by atoms with Crippen LogP contribution in [0.15, 0.2) is 18.5 Å². The summed E-state index contributed by atoms with van der Waals surface area (Å²) in [6.07, 6.45) is 1.35. The molecule has 0 atom stereocenters. The largest absolute Gasteiger partial charge is 0.490 e. The minimum absolute atomic E-state index is 0.215. The smallest absolute Gasteiger partial charge is 0.475 e. The average Bonchev–Trinajstić information content (AvgIpc) is 2.90. The van der Waals surface area contributed by atoms with E-state index in [1.54, 1.807) is 6.20 Å². The monoisotopic (exact) mass is 393 g/mol. The summed E-state index contributed by atoms with van der Waals surface area (Å²) in [6, 6.07) is 1.97. The highest BCUT2D eigenvalue weighted by Gasteiger charge is 2.40. The molecule has 0 aromatic carbocycles. The van der Waals surface area contributed by atoms with Crippen LogP contribution >= 0.6 is 11.6 Å². The maximum atomic E-state index is 11.4. The van der Waals surface area contributed by atoms with Crippen molar-refractivity contribution in [2.24, 2.45) is 5.41 Å². The van der Waals surface area contributed by atoms with E-state index >= 15 is 0 Å². The lowest BCUT2D eigenvalue weighted by atomic mass is 9.77. The number of carboxylic acids is 1. The van der Waals surface area contributed by atoms with Gasteiger partial charge in [0.25, 0.3) is 0 Å². The fourth-order valence-electron chi connectivity index (χ4n) is 3.09. The van der Waals surface area contributed by atoms with Crippen molar-refractivity contribution < 1.29 is 27.9 Å². The van der Waals surface area contributed by atoms with Crippen LogP contribution in [0.2, 0.25) is 5.02 Å². The number of rotatable bonds is 2. The summed E-state index contributed by atoms with van der Waals surface area (Å²) >= 11 is 5.95. The summed E-state index contributed by atoms with van der Waals surface area (Å²) in [5.74, 6) is -2.54. The van der Waals surface area contributed by atoms with Crippen LogP contribution in [0.25, 0.3) is 0 Å². The number of pyridine rings is 1. The summed E-state index contributed by atoms with van der Waals surface area (Å²) in [7, 11) is 0. The second-order valence-electron chi connectivity index (χ2n) is 6.54. The van der Waals surface area contributed by atoms with E-state index in [-0.39, 0.29) is 11.3 Å². The molecule has 144 valence electrons. The first-order valence-electron chi connectivity index (χ1n) is 7.98. The molecule has 0 unspecified atom stereocenters. The zero-order valence-electron chi connectivity index (χ0n) is 13.9. The number of likely N-dealkylation sites (tertiary alicyclic amines) is 1. The van der Waals surface area contributed by atoms with Crippen LogP contribution < -0.4 is 5.32 Å². The summed E-state index contributed by atoms with van der Waals surface area (Å²) in [4.78, 5) is 26.8. The lowest BCUT2D eigenvalue weighted by molar-refractivity contribution is -0.192. The first-order valence-corrected chi connectivity index (χ1v) is 8.36. The van der Waals surface area contributed by atoms with Crippen molar-refractivity contribution in [3.8, 4) is 0 Å². The Bertz CT molecular complexity index is 662. The van der Waals surface area contributed by atoms with Crippen LogP contribution in [-0.2, 0) is 16.1 Å². The first-order chi connectivity index (χ1) is 12.1. The molecule has 1 aromatic heterocycles. The molecule has 0 radical (unpaired) electrons. The Balaban J connectivity index is 0.000000298. The van der Waals surface area contributed by atoms with E-state index in [0.29, 0.717) is 11.4 Å². The third kappa shape index (κ3) is 5.84. The average molecular weight is 394 g/mol. The van der Waals surface area contributed by atoms with Crippen molar-refractivity contribution in [2.75, 3.05) is 19.6 Å². The number of carbonyl (C=O) groups excluding carboxylic acids is 1. The van der Waals surface area contributed by atoms with Crippen LogP contribution in [0.4, 0.5) is 13.2 Å². The molecule has 6 nitrogen and oxygen atoms in total. The molecule has 0 aliphatic carbocycles. The van der Waals surface area contributed by atoms with Gasteiger partial charge in [-0.1, -0.05) is 11.6 Å². The molecule has 2 fully saturated rings. The van der Waals surface area contributed by atoms with Gasteiger partial charge in [-0.2, -0.15) is 13.2 Å². The lowest BCUT2D eigenvalue weighted by Crippen LogP contribution is -2.40. The zero-order valence-corrected chi connectivity index (χ0v) is 14.6. The van der Waals surface area contributed by atoms with Gasteiger partial charge in [0, 0.05) is 31.9 Å². The Kier molecular flexibility index (Phi) is 6.46. The number of aliphatic carboxylic acids is 1. The van der Waals surface area contributed by atoms with Crippen molar-refractivity contribution in [1.29, 1.82) is 0 Å². The minimum Gasteiger partial charge on any atom is -0.475 e. The molecule has 0 bridgehead atoms. The van der Waals surface area contributed by atoms with Crippen LogP contribution in [0.1, 0.15) is 24.8 Å². The van der Waals surface area contributed by atoms with E-state index in [9.17, 15) is 18.0 Å². The van der Waals surface area contributed by atoms with Crippen LogP contribution in [0, 0.1) is 5.41 Å². The predicted octanol–water partition coefficient (Wildman–Crippen LogP) is 2.47. The number of aromatic nitrogens is 1. The van der Waals surface area contributed by atoms with Gasteiger partial charge in [0.2, 0.25) is 5.91 Å². The molecule has 2 N–H and O–H groups in total.